The van der Waals surface area contributed by atoms with E-state index in [-0.39, 0.29) is 18.2 Å². The van der Waals surface area contributed by atoms with Crippen molar-refractivity contribution < 1.29 is 14.3 Å². The van der Waals surface area contributed by atoms with Crippen LogP contribution in [0.5, 0.6) is 0 Å². The number of ether oxygens (including phenoxy) is 1. The molecule has 1 aliphatic heterocycles. The molecule has 2 aliphatic rings. The van der Waals surface area contributed by atoms with Gasteiger partial charge in [-0.25, -0.2) is 9.78 Å². The van der Waals surface area contributed by atoms with Crippen molar-refractivity contribution in [3.8, 4) is 10.6 Å². The number of hydrogen-bond donors (Lipinski definition) is 0. The van der Waals surface area contributed by atoms with Crippen LogP contribution >= 0.6 is 11.3 Å². The summed E-state index contributed by atoms with van der Waals surface area (Å²) in [5.41, 5.74) is 1.23. The maximum Gasteiger partial charge on any atom is 0.358 e. The van der Waals surface area contributed by atoms with Crippen molar-refractivity contribution in [2.75, 3.05) is 13.2 Å². The van der Waals surface area contributed by atoms with Gasteiger partial charge in [0, 0.05) is 23.5 Å². The molecule has 27 heavy (non-hydrogen) atoms. The van der Waals surface area contributed by atoms with Gasteiger partial charge in [-0.2, -0.15) is 0 Å². The van der Waals surface area contributed by atoms with Crippen molar-refractivity contribution in [3.63, 3.8) is 0 Å². The van der Waals surface area contributed by atoms with E-state index in [0.29, 0.717) is 12.0 Å². The van der Waals surface area contributed by atoms with Gasteiger partial charge in [0.2, 0.25) is 0 Å². The third-order valence-corrected chi connectivity index (χ3v) is 6.52. The lowest BCUT2D eigenvalue weighted by Crippen LogP contribution is -2.50. The summed E-state index contributed by atoms with van der Waals surface area (Å²) in [7, 11) is 0. The van der Waals surface area contributed by atoms with Crippen LogP contribution in [0.25, 0.3) is 10.6 Å². The maximum atomic E-state index is 12.6. The van der Waals surface area contributed by atoms with Gasteiger partial charge in [0.15, 0.2) is 12.3 Å². The molecule has 1 saturated carbocycles. The third kappa shape index (κ3) is 4.05. The molecule has 2 atom stereocenters. The summed E-state index contributed by atoms with van der Waals surface area (Å²) in [6.07, 6.45) is 7.02. The number of benzene rings is 1. The van der Waals surface area contributed by atoms with Crippen molar-refractivity contribution in [1.29, 1.82) is 0 Å². The number of thiazole rings is 1. The molecule has 2 heterocycles. The first-order valence-corrected chi connectivity index (χ1v) is 10.6. The summed E-state index contributed by atoms with van der Waals surface area (Å²) in [6.45, 7) is 0.590. The van der Waals surface area contributed by atoms with Crippen LogP contribution in [-0.4, -0.2) is 41.0 Å². The number of aromatic nitrogens is 1. The molecule has 0 radical (unpaired) electrons. The predicted molar refractivity (Wildman–Crippen MR) is 105 cm³/mol. The summed E-state index contributed by atoms with van der Waals surface area (Å²) >= 11 is 1.40. The molecular formula is C21H24N2O3S. The molecule has 4 rings (SSSR count). The smallest absolute Gasteiger partial charge is 0.358 e. The first-order valence-electron chi connectivity index (χ1n) is 9.70. The number of piperidine rings is 1. The highest BCUT2D eigenvalue weighted by molar-refractivity contribution is 7.13. The van der Waals surface area contributed by atoms with Crippen LogP contribution < -0.4 is 0 Å². The number of carbonyl (C=O) groups is 2. The average Bonchev–Trinajstić information content (AvgIpc) is 3.22. The zero-order valence-electron chi connectivity index (χ0n) is 15.3. The SMILES string of the molecule is O=C(OCC(=O)N1CCC[C@@H]2CCCC[C@H]21)c1csc(-c2ccccc2)n1. The minimum absolute atomic E-state index is 0.0709. The Kier molecular flexibility index (Phi) is 5.53. The molecule has 1 aromatic carbocycles. The molecule has 1 saturated heterocycles. The largest absolute Gasteiger partial charge is 0.451 e. The van der Waals surface area contributed by atoms with E-state index in [4.69, 9.17) is 4.74 Å². The molecule has 2 aromatic rings. The van der Waals surface area contributed by atoms with Gasteiger partial charge in [-0.15, -0.1) is 11.3 Å². The zero-order valence-corrected chi connectivity index (χ0v) is 16.1. The van der Waals surface area contributed by atoms with E-state index in [9.17, 15) is 9.59 Å². The fraction of sp³-hybridized carbons (Fsp3) is 0.476. The number of nitrogens with zero attached hydrogens (tertiary/aromatic N) is 2. The van der Waals surface area contributed by atoms with E-state index in [1.807, 2.05) is 35.2 Å². The van der Waals surface area contributed by atoms with Gasteiger partial charge in [0.25, 0.3) is 5.91 Å². The lowest BCUT2D eigenvalue weighted by atomic mass is 9.78. The summed E-state index contributed by atoms with van der Waals surface area (Å²) in [4.78, 5) is 31.3. The molecular weight excluding hydrogens is 360 g/mol. The van der Waals surface area contributed by atoms with Gasteiger partial charge in [-0.3, -0.25) is 4.79 Å². The monoisotopic (exact) mass is 384 g/mol. The van der Waals surface area contributed by atoms with Gasteiger partial charge in [-0.05, 0) is 31.6 Å². The molecule has 0 bridgehead atoms. The van der Waals surface area contributed by atoms with Gasteiger partial charge >= 0.3 is 5.97 Å². The summed E-state index contributed by atoms with van der Waals surface area (Å²) in [5.74, 6) is 0.0246. The first-order chi connectivity index (χ1) is 13.2. The Bertz CT molecular complexity index is 803. The minimum atomic E-state index is -0.529. The summed E-state index contributed by atoms with van der Waals surface area (Å²) in [5, 5.41) is 2.46. The predicted octanol–water partition coefficient (Wildman–Crippen LogP) is 4.15. The van der Waals surface area contributed by atoms with Crippen molar-refractivity contribution in [1.82, 2.24) is 9.88 Å². The number of hydrogen-bond acceptors (Lipinski definition) is 5. The van der Waals surface area contributed by atoms with Crippen molar-refractivity contribution in [3.05, 3.63) is 41.4 Å². The number of carbonyl (C=O) groups excluding carboxylic acids is 2. The Morgan fingerprint density at radius 1 is 1.11 bits per heavy atom. The van der Waals surface area contributed by atoms with Gasteiger partial charge in [0.05, 0.1) is 0 Å². The van der Waals surface area contributed by atoms with Gasteiger partial charge in [-0.1, -0.05) is 43.2 Å². The summed E-state index contributed by atoms with van der Waals surface area (Å²) < 4.78 is 5.29. The van der Waals surface area contributed by atoms with Gasteiger partial charge in [0.1, 0.15) is 5.01 Å². The molecule has 1 amide bonds. The molecule has 0 unspecified atom stereocenters. The van der Waals surface area contributed by atoms with Crippen LogP contribution in [0.2, 0.25) is 0 Å². The Labute approximate surface area is 163 Å². The Morgan fingerprint density at radius 3 is 2.74 bits per heavy atom. The van der Waals surface area contributed by atoms with E-state index in [2.05, 4.69) is 4.98 Å². The van der Waals surface area contributed by atoms with Crippen molar-refractivity contribution >= 4 is 23.2 Å². The molecule has 5 nitrogen and oxygen atoms in total. The molecule has 142 valence electrons. The second-order valence-electron chi connectivity index (χ2n) is 7.32. The molecule has 2 fully saturated rings. The number of fused-ring (bicyclic) bond motifs is 1. The number of rotatable bonds is 4. The van der Waals surface area contributed by atoms with Crippen LogP contribution in [-0.2, 0) is 9.53 Å². The van der Waals surface area contributed by atoms with E-state index in [1.54, 1.807) is 5.38 Å². The van der Waals surface area contributed by atoms with Crippen molar-refractivity contribution in [2.24, 2.45) is 5.92 Å². The first kappa shape index (κ1) is 18.2. The van der Waals surface area contributed by atoms with E-state index >= 15 is 0 Å². The van der Waals surface area contributed by atoms with Gasteiger partial charge < -0.3 is 9.64 Å². The summed E-state index contributed by atoms with van der Waals surface area (Å²) in [6, 6.07) is 10.1. The quantitative estimate of drug-likeness (QED) is 0.743. The van der Waals surface area contributed by atoms with Crippen LogP contribution in [0.4, 0.5) is 0 Å². The van der Waals surface area contributed by atoms with Crippen LogP contribution in [0.15, 0.2) is 35.7 Å². The highest BCUT2D eigenvalue weighted by Gasteiger charge is 2.35. The Hall–Kier alpha value is -2.21. The third-order valence-electron chi connectivity index (χ3n) is 5.62. The number of likely N-dealkylation sites (tertiary alicyclic amines) is 1. The fourth-order valence-corrected chi connectivity index (χ4v) is 5.09. The normalized spacial score (nSPS) is 22.1. The van der Waals surface area contributed by atoms with Crippen LogP contribution in [0.1, 0.15) is 49.0 Å². The molecule has 0 spiro atoms. The maximum absolute atomic E-state index is 12.6. The van der Waals surface area contributed by atoms with E-state index in [1.165, 1.54) is 37.0 Å². The number of amides is 1. The highest BCUT2D eigenvalue weighted by atomic mass is 32.1. The molecule has 1 aromatic heterocycles. The molecule has 1 aliphatic carbocycles. The van der Waals surface area contributed by atoms with E-state index in [0.717, 1.165) is 30.0 Å². The zero-order chi connectivity index (χ0) is 18.6. The second kappa shape index (κ2) is 8.21. The van der Waals surface area contributed by atoms with Crippen LogP contribution in [0, 0.1) is 5.92 Å². The van der Waals surface area contributed by atoms with Crippen LogP contribution in [0.3, 0.4) is 0 Å². The standard InChI is InChI=1S/C21H24N2O3S/c24-19(23-12-6-10-15-7-4-5-11-18(15)23)13-26-21(25)17-14-27-20(22-17)16-8-2-1-3-9-16/h1-3,8-9,14-15,18H,4-7,10-13H2/t15-,18+/m0/s1. The number of esters is 1. The minimum Gasteiger partial charge on any atom is -0.451 e. The molecule has 0 N–H and O–H groups in total. The fourth-order valence-electron chi connectivity index (χ4n) is 4.30. The van der Waals surface area contributed by atoms with E-state index < -0.39 is 5.97 Å². The second-order valence-corrected chi connectivity index (χ2v) is 8.18. The lowest BCUT2D eigenvalue weighted by Gasteiger charge is -2.44. The Balaban J connectivity index is 1.35. The average molecular weight is 385 g/mol. The molecule has 6 heteroatoms. The lowest BCUT2D eigenvalue weighted by molar-refractivity contribution is -0.140. The van der Waals surface area contributed by atoms with Crippen molar-refractivity contribution in [2.45, 2.75) is 44.6 Å². The topological polar surface area (TPSA) is 59.5 Å². The highest BCUT2D eigenvalue weighted by Crippen LogP contribution is 2.35. The Morgan fingerprint density at radius 2 is 1.89 bits per heavy atom.